The summed E-state index contributed by atoms with van der Waals surface area (Å²) in [5, 5.41) is 6.76. The van der Waals surface area contributed by atoms with Crippen LogP contribution in [0.15, 0.2) is 102 Å². The highest BCUT2D eigenvalue weighted by atomic mass is 79.9. The molecule has 0 heterocycles. The standard InChI is InChI=1S/C22H16BrP/c23-21-15-16-22(20-14-8-7-13-19(20)21)24(17-9-3-1-4-10-17)18-11-5-2-6-12-18/h1-16H. The maximum absolute atomic E-state index is 3.70. The van der Waals surface area contributed by atoms with Gasteiger partial charge >= 0.3 is 0 Å². The summed E-state index contributed by atoms with van der Waals surface area (Å²) in [6.07, 6.45) is 0. The molecule has 0 unspecified atom stereocenters. The Kier molecular flexibility index (Phi) is 4.47. The molecule has 0 nitrogen and oxygen atoms in total. The maximum Gasteiger partial charge on any atom is 0.0254 e. The fourth-order valence-corrected chi connectivity index (χ4v) is 5.96. The van der Waals surface area contributed by atoms with E-state index >= 15 is 0 Å². The zero-order valence-electron chi connectivity index (χ0n) is 13.1. The second kappa shape index (κ2) is 6.89. The first-order chi connectivity index (χ1) is 11.8. The molecule has 4 aromatic carbocycles. The number of hydrogen-bond acceptors (Lipinski definition) is 0. The zero-order valence-corrected chi connectivity index (χ0v) is 15.5. The van der Waals surface area contributed by atoms with Crippen molar-refractivity contribution in [1.82, 2.24) is 0 Å². The molecule has 0 saturated carbocycles. The van der Waals surface area contributed by atoms with E-state index in [0.29, 0.717) is 0 Å². The topological polar surface area (TPSA) is 0 Å². The van der Waals surface area contributed by atoms with Gasteiger partial charge in [-0.25, -0.2) is 0 Å². The summed E-state index contributed by atoms with van der Waals surface area (Å²) in [4.78, 5) is 0. The highest BCUT2D eigenvalue weighted by Gasteiger charge is 2.18. The lowest BCUT2D eigenvalue weighted by Gasteiger charge is -2.21. The number of hydrogen-bond donors (Lipinski definition) is 0. The SMILES string of the molecule is Brc1ccc(P(c2ccccc2)c2ccccc2)c2ccccc12. The van der Waals surface area contributed by atoms with Gasteiger partial charge in [0, 0.05) is 4.47 Å². The van der Waals surface area contributed by atoms with Gasteiger partial charge < -0.3 is 0 Å². The Bertz CT molecular complexity index is 925. The molecular formula is C22H16BrP. The zero-order chi connectivity index (χ0) is 16.4. The molecule has 116 valence electrons. The van der Waals surface area contributed by atoms with Gasteiger partial charge in [0.25, 0.3) is 0 Å². The van der Waals surface area contributed by atoms with Crippen molar-refractivity contribution in [2.24, 2.45) is 0 Å². The average molecular weight is 391 g/mol. The van der Waals surface area contributed by atoms with E-state index in [9.17, 15) is 0 Å². The summed E-state index contributed by atoms with van der Waals surface area (Å²) in [7, 11) is -0.579. The lowest BCUT2D eigenvalue weighted by atomic mass is 10.1. The predicted molar refractivity (Wildman–Crippen MR) is 110 cm³/mol. The molecule has 0 amide bonds. The first kappa shape index (κ1) is 15.6. The highest BCUT2D eigenvalue weighted by molar-refractivity contribution is 9.10. The van der Waals surface area contributed by atoms with Crippen molar-refractivity contribution < 1.29 is 0 Å². The third-order valence-corrected chi connectivity index (χ3v) is 7.31. The monoisotopic (exact) mass is 390 g/mol. The number of benzene rings is 4. The van der Waals surface area contributed by atoms with Crippen molar-refractivity contribution in [3.8, 4) is 0 Å². The quantitative estimate of drug-likeness (QED) is 0.413. The van der Waals surface area contributed by atoms with Gasteiger partial charge in [0.15, 0.2) is 0 Å². The molecule has 0 bridgehead atoms. The largest absolute Gasteiger partial charge is 0.0622 e. The van der Waals surface area contributed by atoms with Crippen LogP contribution in [0, 0.1) is 0 Å². The van der Waals surface area contributed by atoms with E-state index in [0.717, 1.165) is 4.47 Å². The molecule has 0 saturated heterocycles. The van der Waals surface area contributed by atoms with Gasteiger partial charge in [-0.2, -0.15) is 0 Å². The van der Waals surface area contributed by atoms with Crippen molar-refractivity contribution >= 4 is 50.5 Å². The van der Waals surface area contributed by atoms with Gasteiger partial charge in [0.2, 0.25) is 0 Å². The maximum atomic E-state index is 3.70. The molecule has 2 heteroatoms. The molecule has 0 aliphatic heterocycles. The van der Waals surface area contributed by atoms with E-state index in [2.05, 4.69) is 113 Å². The smallest absolute Gasteiger partial charge is 0.0254 e. The average Bonchev–Trinajstić information content (AvgIpc) is 2.66. The fraction of sp³-hybridized carbons (Fsp3) is 0. The molecule has 4 rings (SSSR count). The van der Waals surface area contributed by atoms with Gasteiger partial charge in [-0.05, 0) is 40.7 Å². The lowest BCUT2D eigenvalue weighted by Crippen LogP contribution is -2.21. The highest BCUT2D eigenvalue weighted by Crippen LogP contribution is 2.37. The van der Waals surface area contributed by atoms with Gasteiger partial charge in [-0.3, -0.25) is 0 Å². The van der Waals surface area contributed by atoms with Crippen LogP contribution < -0.4 is 15.9 Å². The van der Waals surface area contributed by atoms with E-state index in [1.807, 2.05) is 0 Å². The minimum atomic E-state index is -0.579. The predicted octanol–water partition coefficient (Wildman–Crippen LogP) is 5.36. The van der Waals surface area contributed by atoms with Crippen LogP contribution in [0.25, 0.3) is 10.8 Å². The lowest BCUT2D eigenvalue weighted by molar-refractivity contribution is 1.73. The molecule has 0 atom stereocenters. The van der Waals surface area contributed by atoms with Crippen LogP contribution in [0.2, 0.25) is 0 Å². The molecule has 0 aliphatic rings. The van der Waals surface area contributed by atoms with Crippen LogP contribution in [0.5, 0.6) is 0 Å². The Balaban J connectivity index is 2.00. The van der Waals surface area contributed by atoms with E-state index in [1.165, 1.54) is 26.7 Å². The second-order valence-corrected chi connectivity index (χ2v) is 8.66. The Morgan fingerprint density at radius 1 is 0.500 bits per heavy atom. The molecule has 0 radical (unpaired) electrons. The summed E-state index contributed by atoms with van der Waals surface area (Å²) in [6, 6.07) is 34.8. The van der Waals surface area contributed by atoms with Crippen LogP contribution >= 0.6 is 23.9 Å². The summed E-state index contributed by atoms with van der Waals surface area (Å²) in [5.41, 5.74) is 0. The van der Waals surface area contributed by atoms with Crippen LogP contribution in [-0.4, -0.2) is 0 Å². The fourth-order valence-electron chi connectivity index (χ4n) is 3.02. The minimum Gasteiger partial charge on any atom is -0.0622 e. The van der Waals surface area contributed by atoms with E-state index in [4.69, 9.17) is 0 Å². The molecule has 24 heavy (non-hydrogen) atoms. The van der Waals surface area contributed by atoms with Gasteiger partial charge in [0.05, 0.1) is 0 Å². The molecule has 0 N–H and O–H groups in total. The third kappa shape index (κ3) is 2.90. The van der Waals surface area contributed by atoms with Crippen LogP contribution in [-0.2, 0) is 0 Å². The summed E-state index contributed by atoms with van der Waals surface area (Å²) in [6.45, 7) is 0. The number of fused-ring (bicyclic) bond motifs is 1. The Morgan fingerprint density at radius 2 is 1.00 bits per heavy atom. The van der Waals surface area contributed by atoms with E-state index in [1.54, 1.807) is 0 Å². The first-order valence-corrected chi connectivity index (χ1v) is 10.1. The van der Waals surface area contributed by atoms with Crippen LogP contribution in [0.1, 0.15) is 0 Å². The van der Waals surface area contributed by atoms with E-state index in [-0.39, 0.29) is 0 Å². The van der Waals surface area contributed by atoms with Gasteiger partial charge in [0.1, 0.15) is 0 Å². The normalized spacial score (nSPS) is 11.1. The summed E-state index contributed by atoms with van der Waals surface area (Å²) < 4.78 is 1.15. The Morgan fingerprint density at radius 3 is 1.58 bits per heavy atom. The Hall–Kier alpha value is -1.95. The molecular weight excluding hydrogens is 375 g/mol. The molecule has 0 spiro atoms. The first-order valence-electron chi connectivity index (χ1n) is 7.92. The van der Waals surface area contributed by atoms with Crippen LogP contribution in [0.4, 0.5) is 0 Å². The van der Waals surface area contributed by atoms with Crippen molar-refractivity contribution in [2.75, 3.05) is 0 Å². The van der Waals surface area contributed by atoms with Crippen molar-refractivity contribution in [3.05, 3.63) is 102 Å². The molecule has 0 fully saturated rings. The van der Waals surface area contributed by atoms with Crippen molar-refractivity contribution in [1.29, 1.82) is 0 Å². The second-order valence-electron chi connectivity index (χ2n) is 5.62. The van der Waals surface area contributed by atoms with Crippen LogP contribution in [0.3, 0.4) is 0 Å². The number of rotatable bonds is 3. The third-order valence-electron chi connectivity index (χ3n) is 4.12. The van der Waals surface area contributed by atoms with Gasteiger partial charge in [-0.15, -0.1) is 0 Å². The van der Waals surface area contributed by atoms with Crippen molar-refractivity contribution in [3.63, 3.8) is 0 Å². The summed E-state index contributed by atoms with van der Waals surface area (Å²) >= 11 is 3.70. The van der Waals surface area contributed by atoms with Gasteiger partial charge in [-0.1, -0.05) is 107 Å². The Labute approximate surface area is 152 Å². The molecule has 4 aromatic rings. The van der Waals surface area contributed by atoms with E-state index < -0.39 is 7.92 Å². The minimum absolute atomic E-state index is 0.579. The summed E-state index contributed by atoms with van der Waals surface area (Å²) in [5.74, 6) is 0. The number of halogens is 1. The molecule has 0 aliphatic carbocycles. The van der Waals surface area contributed by atoms with Crippen molar-refractivity contribution in [2.45, 2.75) is 0 Å². The molecule has 0 aromatic heterocycles.